The van der Waals surface area contributed by atoms with Gasteiger partial charge in [0.2, 0.25) is 0 Å². The summed E-state index contributed by atoms with van der Waals surface area (Å²) in [5.74, 6) is 0. The van der Waals surface area contributed by atoms with Gasteiger partial charge in [0.15, 0.2) is 5.58 Å². The molecule has 0 fully saturated rings. The molecule has 1 aliphatic carbocycles. The van der Waals surface area contributed by atoms with E-state index >= 15 is 0 Å². The highest BCUT2D eigenvalue weighted by molar-refractivity contribution is 6.30. The average molecular weight is 703 g/mol. The number of nitrogens with zero attached hydrogens (tertiary/aromatic N) is 2. The van der Waals surface area contributed by atoms with Gasteiger partial charge in [-0.2, -0.15) is 0 Å². The van der Waals surface area contributed by atoms with Gasteiger partial charge in [-0.15, -0.1) is 0 Å². The number of benzene rings is 8. The first-order valence-corrected chi connectivity index (χ1v) is 19.0. The Labute approximate surface area is 317 Å². The minimum absolute atomic E-state index is 0.0606. The minimum atomic E-state index is -0.0606. The lowest BCUT2D eigenvalue weighted by Gasteiger charge is -2.22. The molecular weight excluding hydrogens is 669 g/mol. The van der Waals surface area contributed by atoms with E-state index in [9.17, 15) is 0 Å². The van der Waals surface area contributed by atoms with Gasteiger partial charge in [0.1, 0.15) is 5.58 Å². The Morgan fingerprint density at radius 1 is 0.473 bits per heavy atom. The van der Waals surface area contributed by atoms with Gasteiger partial charge in [-0.25, -0.2) is 4.98 Å². The van der Waals surface area contributed by atoms with Crippen LogP contribution in [0.5, 0.6) is 0 Å². The van der Waals surface area contributed by atoms with Crippen LogP contribution in [-0.4, -0.2) is 9.55 Å². The lowest BCUT2D eigenvalue weighted by molar-refractivity contribution is 0.660. The van der Waals surface area contributed by atoms with Crippen molar-refractivity contribution in [2.45, 2.75) is 19.3 Å². The van der Waals surface area contributed by atoms with Crippen LogP contribution in [-0.2, 0) is 5.41 Å². The van der Waals surface area contributed by atoms with Crippen molar-refractivity contribution in [2.24, 2.45) is 0 Å². The van der Waals surface area contributed by atoms with E-state index in [1.165, 1.54) is 44.2 Å². The Kier molecular flexibility index (Phi) is 6.12. The summed E-state index contributed by atoms with van der Waals surface area (Å²) >= 11 is 0. The third-order valence-corrected chi connectivity index (χ3v) is 12.2. The fraction of sp³-hybridized carbons (Fsp3) is 0.0577. The van der Waals surface area contributed by atoms with Gasteiger partial charge in [0.05, 0.1) is 27.9 Å². The molecule has 0 saturated carbocycles. The second kappa shape index (κ2) is 11.0. The van der Waals surface area contributed by atoms with Gasteiger partial charge in [-0.1, -0.05) is 141 Å². The highest BCUT2D eigenvalue weighted by Gasteiger charge is 2.35. The summed E-state index contributed by atoms with van der Waals surface area (Å²) in [7, 11) is 0. The number of rotatable bonds is 3. The molecule has 0 amide bonds. The lowest BCUT2D eigenvalue weighted by Crippen LogP contribution is -2.14. The van der Waals surface area contributed by atoms with Gasteiger partial charge in [-0.05, 0) is 75.8 Å². The highest BCUT2D eigenvalue weighted by Crippen LogP contribution is 2.50. The quantitative estimate of drug-likeness (QED) is 0.172. The minimum Gasteiger partial charge on any atom is -0.454 e. The summed E-state index contributed by atoms with van der Waals surface area (Å²) in [6.45, 7) is 4.70. The first-order chi connectivity index (χ1) is 27.0. The molecule has 0 spiro atoms. The Hall–Kier alpha value is -6.97. The molecule has 3 heteroatoms. The van der Waals surface area contributed by atoms with Crippen molar-refractivity contribution in [2.75, 3.05) is 0 Å². The van der Waals surface area contributed by atoms with Gasteiger partial charge < -0.3 is 8.98 Å². The number of hydrogen-bond donors (Lipinski definition) is 0. The molecule has 11 aromatic rings. The third kappa shape index (κ3) is 4.18. The fourth-order valence-corrected chi connectivity index (χ4v) is 9.59. The highest BCUT2D eigenvalue weighted by atomic mass is 16.3. The zero-order chi connectivity index (χ0) is 36.4. The normalized spacial score (nSPS) is 13.4. The molecule has 258 valence electrons. The van der Waals surface area contributed by atoms with Crippen LogP contribution < -0.4 is 0 Å². The van der Waals surface area contributed by atoms with Crippen LogP contribution in [0.4, 0.5) is 0 Å². The van der Waals surface area contributed by atoms with E-state index in [0.717, 1.165) is 71.6 Å². The zero-order valence-corrected chi connectivity index (χ0v) is 30.5. The van der Waals surface area contributed by atoms with E-state index in [1.54, 1.807) is 0 Å². The first-order valence-electron chi connectivity index (χ1n) is 19.0. The van der Waals surface area contributed by atoms with Crippen LogP contribution in [0.1, 0.15) is 25.0 Å². The molecular formula is C52H34N2O. The lowest BCUT2D eigenvalue weighted by atomic mass is 9.81. The van der Waals surface area contributed by atoms with E-state index in [4.69, 9.17) is 9.40 Å². The number of aromatic nitrogens is 2. The molecule has 55 heavy (non-hydrogen) atoms. The fourth-order valence-electron chi connectivity index (χ4n) is 9.59. The Morgan fingerprint density at radius 2 is 1.15 bits per heavy atom. The Bertz CT molecular complexity index is 3400. The van der Waals surface area contributed by atoms with E-state index < -0.39 is 0 Å². The summed E-state index contributed by atoms with van der Waals surface area (Å²) in [6, 6.07) is 61.5. The summed E-state index contributed by atoms with van der Waals surface area (Å²) in [6.07, 6.45) is 0. The van der Waals surface area contributed by atoms with Crippen molar-refractivity contribution < 1.29 is 4.42 Å². The maximum absolute atomic E-state index is 6.95. The van der Waals surface area contributed by atoms with E-state index in [0.29, 0.717) is 0 Å². The standard InChI is InChI=1S/C52H34N2O/c1-52(2)41-20-10-6-16-34(41)35-26-24-33(29-42(35)52)32-25-27-45-39(28-32)36-17-8-12-22-44(36)54(45)46-30-40-48(49-38-19-9-13-23-47(38)55-51(46)49)37-18-7-11-21-43(37)53-50(40)31-14-4-3-5-15-31/h3-30H,1-2H3. The Morgan fingerprint density at radius 3 is 2.04 bits per heavy atom. The van der Waals surface area contributed by atoms with Crippen LogP contribution in [0.2, 0.25) is 0 Å². The second-order valence-corrected chi connectivity index (χ2v) is 15.5. The van der Waals surface area contributed by atoms with E-state index in [1.807, 2.05) is 0 Å². The number of pyridine rings is 1. The molecule has 1 aliphatic rings. The molecule has 3 aromatic heterocycles. The maximum atomic E-state index is 6.95. The van der Waals surface area contributed by atoms with E-state index in [-0.39, 0.29) is 5.41 Å². The molecule has 12 rings (SSSR count). The van der Waals surface area contributed by atoms with E-state index in [2.05, 4.69) is 188 Å². The molecule has 0 radical (unpaired) electrons. The molecule has 0 N–H and O–H groups in total. The van der Waals surface area contributed by atoms with Crippen molar-refractivity contribution >= 4 is 65.4 Å². The van der Waals surface area contributed by atoms with Gasteiger partial charge in [0.25, 0.3) is 0 Å². The number of para-hydroxylation sites is 3. The Balaban J connectivity index is 1.16. The smallest absolute Gasteiger partial charge is 0.160 e. The predicted molar refractivity (Wildman–Crippen MR) is 229 cm³/mol. The van der Waals surface area contributed by atoms with Crippen LogP contribution >= 0.6 is 0 Å². The van der Waals surface area contributed by atoms with Crippen LogP contribution in [0.25, 0.3) is 105 Å². The molecule has 0 bridgehead atoms. The molecule has 0 saturated heterocycles. The zero-order valence-electron chi connectivity index (χ0n) is 30.5. The van der Waals surface area contributed by atoms with Crippen molar-refractivity contribution in [3.05, 3.63) is 181 Å². The van der Waals surface area contributed by atoms with Crippen molar-refractivity contribution in [3.63, 3.8) is 0 Å². The average Bonchev–Trinajstić information content (AvgIpc) is 3.86. The maximum Gasteiger partial charge on any atom is 0.160 e. The SMILES string of the molecule is CC1(C)c2ccccc2-c2ccc(-c3ccc4c(c3)c3ccccc3n4-c3cc4c(-c5ccccc5)nc5ccccc5c4c4c3oc3ccccc34)cc21. The topological polar surface area (TPSA) is 31.0 Å². The molecule has 0 unspecified atom stereocenters. The van der Waals surface area contributed by atoms with Crippen LogP contribution in [0.3, 0.4) is 0 Å². The molecule has 3 heterocycles. The van der Waals surface area contributed by atoms with Crippen molar-refractivity contribution in [3.8, 4) is 39.2 Å². The number of hydrogen-bond acceptors (Lipinski definition) is 2. The van der Waals surface area contributed by atoms with Crippen molar-refractivity contribution in [1.82, 2.24) is 9.55 Å². The molecule has 3 nitrogen and oxygen atoms in total. The first kappa shape index (κ1) is 30.5. The monoisotopic (exact) mass is 702 g/mol. The molecule has 0 atom stereocenters. The van der Waals surface area contributed by atoms with Crippen LogP contribution in [0.15, 0.2) is 174 Å². The summed E-state index contributed by atoms with van der Waals surface area (Å²) in [5.41, 5.74) is 15.9. The third-order valence-electron chi connectivity index (χ3n) is 12.2. The summed E-state index contributed by atoms with van der Waals surface area (Å²) in [4.78, 5) is 5.35. The van der Waals surface area contributed by atoms with Crippen LogP contribution in [0, 0.1) is 0 Å². The largest absolute Gasteiger partial charge is 0.454 e. The molecule has 0 aliphatic heterocycles. The summed E-state index contributed by atoms with van der Waals surface area (Å²) < 4.78 is 9.36. The van der Waals surface area contributed by atoms with Gasteiger partial charge >= 0.3 is 0 Å². The number of furan rings is 1. The summed E-state index contributed by atoms with van der Waals surface area (Å²) in [5, 5.41) is 8.01. The van der Waals surface area contributed by atoms with Crippen molar-refractivity contribution in [1.29, 1.82) is 0 Å². The second-order valence-electron chi connectivity index (χ2n) is 15.5. The number of fused-ring (bicyclic) bond motifs is 13. The predicted octanol–water partition coefficient (Wildman–Crippen LogP) is 14.0. The molecule has 8 aromatic carbocycles. The van der Waals surface area contributed by atoms with Gasteiger partial charge in [0, 0.05) is 48.7 Å². The van der Waals surface area contributed by atoms with Gasteiger partial charge in [-0.3, -0.25) is 0 Å².